The van der Waals surface area contributed by atoms with Gasteiger partial charge in [0.15, 0.2) is 0 Å². The predicted molar refractivity (Wildman–Crippen MR) is 127 cm³/mol. The van der Waals surface area contributed by atoms with E-state index in [1.807, 2.05) is 6.07 Å². The fourth-order valence-corrected chi connectivity index (χ4v) is 5.89. The van der Waals surface area contributed by atoms with Crippen LogP contribution in [0.4, 0.5) is 11.4 Å². The van der Waals surface area contributed by atoms with Crippen LogP contribution in [0.15, 0.2) is 71.9 Å². The van der Waals surface area contributed by atoms with Crippen LogP contribution in [-0.4, -0.2) is 35.1 Å². The van der Waals surface area contributed by atoms with Crippen molar-refractivity contribution in [2.24, 2.45) is 0 Å². The van der Waals surface area contributed by atoms with Crippen molar-refractivity contribution in [1.29, 1.82) is 0 Å². The number of sulfonamides is 1. The van der Waals surface area contributed by atoms with Crippen LogP contribution >= 0.6 is 0 Å². The zero-order valence-corrected chi connectivity index (χ0v) is 19.4. The molecule has 0 radical (unpaired) electrons. The number of aromatic nitrogens is 1. The lowest BCUT2D eigenvalue weighted by Crippen LogP contribution is -2.38. The Kier molecular flexibility index (Phi) is 6.71. The second-order valence-electron chi connectivity index (χ2n) is 8.10. The molecular weight excluding hydrogens is 456 g/mol. The highest BCUT2D eigenvalue weighted by Gasteiger charge is 2.34. The minimum atomic E-state index is -3.76. The Labute approximate surface area is 197 Å². The fourth-order valence-electron chi connectivity index (χ4n) is 4.21. The summed E-state index contributed by atoms with van der Waals surface area (Å²) in [4.78, 5) is 27.5. The predicted octanol–water partition coefficient (Wildman–Crippen LogP) is 4.47. The van der Waals surface area contributed by atoms with Gasteiger partial charge in [0.1, 0.15) is 0 Å². The van der Waals surface area contributed by atoms with Gasteiger partial charge in [-0.2, -0.15) is 4.31 Å². The SMILES string of the molecule is Cc1c(C(=O)Nc2ccc(S(=O)(=O)N3CCCCC3c3cccnc3)cc2)cccc1[N+](=O)[O-]. The van der Waals surface area contributed by atoms with Crippen molar-refractivity contribution in [3.8, 4) is 0 Å². The summed E-state index contributed by atoms with van der Waals surface area (Å²) < 4.78 is 28.4. The van der Waals surface area contributed by atoms with E-state index in [0.717, 1.165) is 24.8 Å². The van der Waals surface area contributed by atoms with Crippen LogP contribution in [0.3, 0.4) is 0 Å². The summed E-state index contributed by atoms with van der Waals surface area (Å²) in [6, 6.07) is 13.7. The topological polar surface area (TPSA) is 123 Å². The van der Waals surface area contributed by atoms with Gasteiger partial charge in [0, 0.05) is 41.8 Å². The molecule has 176 valence electrons. The fraction of sp³-hybridized carbons (Fsp3) is 0.250. The molecule has 1 fully saturated rings. The van der Waals surface area contributed by atoms with Crippen molar-refractivity contribution in [1.82, 2.24) is 9.29 Å². The van der Waals surface area contributed by atoms with Gasteiger partial charge in [0.05, 0.1) is 15.9 Å². The molecule has 1 N–H and O–H groups in total. The lowest BCUT2D eigenvalue weighted by Gasteiger charge is -2.34. The van der Waals surface area contributed by atoms with E-state index in [-0.39, 0.29) is 27.8 Å². The Bertz CT molecular complexity index is 1310. The van der Waals surface area contributed by atoms with Crippen molar-refractivity contribution in [3.63, 3.8) is 0 Å². The summed E-state index contributed by atoms with van der Waals surface area (Å²) in [6.07, 6.45) is 5.81. The normalized spacial score (nSPS) is 16.7. The summed E-state index contributed by atoms with van der Waals surface area (Å²) in [6.45, 7) is 1.94. The highest BCUT2D eigenvalue weighted by atomic mass is 32.2. The van der Waals surface area contributed by atoms with Gasteiger partial charge in [-0.15, -0.1) is 0 Å². The molecule has 0 aliphatic carbocycles. The molecule has 9 nitrogen and oxygen atoms in total. The molecule has 1 aliphatic rings. The van der Waals surface area contributed by atoms with Gasteiger partial charge in [-0.3, -0.25) is 19.9 Å². The molecule has 0 bridgehead atoms. The quantitative estimate of drug-likeness (QED) is 0.410. The second kappa shape index (κ2) is 9.70. The number of hydrogen-bond donors (Lipinski definition) is 1. The Hall–Kier alpha value is -3.63. The third-order valence-corrected chi connectivity index (χ3v) is 7.91. The average molecular weight is 481 g/mol. The van der Waals surface area contributed by atoms with Crippen molar-refractivity contribution in [2.45, 2.75) is 37.1 Å². The van der Waals surface area contributed by atoms with Crippen LogP contribution in [0.25, 0.3) is 0 Å². The van der Waals surface area contributed by atoms with Crippen LogP contribution in [0.5, 0.6) is 0 Å². The van der Waals surface area contributed by atoms with Crippen LogP contribution in [0, 0.1) is 17.0 Å². The number of nitrogens with one attached hydrogen (secondary N) is 1. The average Bonchev–Trinajstić information content (AvgIpc) is 2.85. The van der Waals surface area contributed by atoms with Crippen molar-refractivity contribution in [2.75, 3.05) is 11.9 Å². The summed E-state index contributed by atoms with van der Waals surface area (Å²) in [5.74, 6) is -0.510. The number of carbonyl (C=O) groups is 1. The molecule has 1 aliphatic heterocycles. The Balaban J connectivity index is 1.54. The number of nitro groups is 1. The largest absolute Gasteiger partial charge is 0.322 e. The first-order valence-electron chi connectivity index (χ1n) is 10.9. The zero-order chi connectivity index (χ0) is 24.3. The molecular formula is C24H24N4O5S. The molecule has 34 heavy (non-hydrogen) atoms. The molecule has 1 atom stereocenters. The van der Waals surface area contributed by atoms with Crippen molar-refractivity contribution >= 4 is 27.3 Å². The zero-order valence-electron chi connectivity index (χ0n) is 18.5. The van der Waals surface area contributed by atoms with Crippen molar-refractivity contribution in [3.05, 3.63) is 93.8 Å². The maximum atomic E-state index is 13.4. The summed E-state index contributed by atoms with van der Waals surface area (Å²) in [5, 5.41) is 13.8. The number of benzene rings is 2. The Morgan fingerprint density at radius 3 is 2.56 bits per heavy atom. The van der Waals surface area contributed by atoms with Gasteiger partial charge in [0.2, 0.25) is 10.0 Å². The van der Waals surface area contributed by atoms with Crippen LogP contribution < -0.4 is 5.32 Å². The molecule has 10 heteroatoms. The monoisotopic (exact) mass is 480 g/mol. The number of pyridine rings is 1. The Morgan fingerprint density at radius 1 is 1.12 bits per heavy atom. The smallest absolute Gasteiger partial charge is 0.273 e. The summed E-state index contributed by atoms with van der Waals surface area (Å²) in [5.41, 5.74) is 1.55. The molecule has 2 heterocycles. The number of nitro benzene ring substituents is 1. The first-order valence-corrected chi connectivity index (χ1v) is 12.3. The highest BCUT2D eigenvalue weighted by Crippen LogP contribution is 2.35. The van der Waals surface area contributed by atoms with E-state index in [0.29, 0.717) is 12.2 Å². The van der Waals surface area contributed by atoms with Gasteiger partial charge < -0.3 is 5.32 Å². The molecule has 0 spiro atoms. The van der Waals surface area contributed by atoms with Crippen LogP contribution in [-0.2, 0) is 10.0 Å². The highest BCUT2D eigenvalue weighted by molar-refractivity contribution is 7.89. The number of anilines is 1. The first-order chi connectivity index (χ1) is 16.3. The van der Waals surface area contributed by atoms with E-state index in [4.69, 9.17) is 0 Å². The minimum Gasteiger partial charge on any atom is -0.322 e. The number of piperidine rings is 1. The van der Waals surface area contributed by atoms with Crippen LogP contribution in [0.1, 0.15) is 46.8 Å². The molecule has 4 rings (SSSR count). The van der Waals surface area contributed by atoms with Gasteiger partial charge in [0.25, 0.3) is 11.6 Å². The molecule has 1 aromatic heterocycles. The third kappa shape index (κ3) is 4.68. The number of hydrogen-bond acceptors (Lipinski definition) is 6. The van der Waals surface area contributed by atoms with Gasteiger partial charge >= 0.3 is 0 Å². The molecule has 1 saturated heterocycles. The molecule has 0 saturated carbocycles. The number of carbonyl (C=O) groups excluding carboxylic acids is 1. The molecule has 2 aromatic carbocycles. The maximum absolute atomic E-state index is 13.4. The first kappa shape index (κ1) is 23.5. The maximum Gasteiger partial charge on any atom is 0.273 e. The van der Waals surface area contributed by atoms with E-state index in [2.05, 4.69) is 10.3 Å². The van der Waals surface area contributed by atoms with Gasteiger partial charge in [-0.05, 0) is 61.7 Å². The van der Waals surface area contributed by atoms with E-state index < -0.39 is 20.9 Å². The summed E-state index contributed by atoms with van der Waals surface area (Å²) >= 11 is 0. The van der Waals surface area contributed by atoms with E-state index >= 15 is 0 Å². The van der Waals surface area contributed by atoms with E-state index in [9.17, 15) is 23.3 Å². The lowest BCUT2D eigenvalue weighted by atomic mass is 9.99. The molecule has 3 aromatic rings. The van der Waals surface area contributed by atoms with E-state index in [1.54, 1.807) is 18.5 Å². The number of amides is 1. The van der Waals surface area contributed by atoms with Crippen LogP contribution in [0.2, 0.25) is 0 Å². The lowest BCUT2D eigenvalue weighted by molar-refractivity contribution is -0.385. The number of nitrogens with zero attached hydrogens (tertiary/aromatic N) is 3. The molecule has 1 amide bonds. The summed E-state index contributed by atoms with van der Waals surface area (Å²) in [7, 11) is -3.76. The Morgan fingerprint density at radius 2 is 1.88 bits per heavy atom. The standard InChI is InChI=1S/C24H24N4O5S/c1-17-21(7-4-9-22(17)28(30)31)24(29)26-19-10-12-20(13-11-19)34(32,33)27-15-3-2-8-23(27)18-6-5-14-25-16-18/h4-7,9-14,16,23H,2-3,8,15H2,1H3,(H,26,29). The third-order valence-electron chi connectivity index (χ3n) is 5.99. The molecule has 1 unspecified atom stereocenters. The van der Waals surface area contributed by atoms with Gasteiger partial charge in [-0.1, -0.05) is 18.6 Å². The van der Waals surface area contributed by atoms with Gasteiger partial charge in [-0.25, -0.2) is 8.42 Å². The minimum absolute atomic E-state index is 0.132. The number of rotatable bonds is 6. The van der Waals surface area contributed by atoms with E-state index in [1.165, 1.54) is 53.7 Å². The second-order valence-corrected chi connectivity index (χ2v) is 9.99. The van der Waals surface area contributed by atoms with Crippen molar-refractivity contribution < 1.29 is 18.1 Å².